The van der Waals surface area contributed by atoms with Crippen LogP contribution in [0.3, 0.4) is 0 Å². The molecule has 1 heterocycles. The van der Waals surface area contributed by atoms with E-state index < -0.39 is 11.9 Å². The molecule has 3 aromatic rings. The molecule has 0 aliphatic carbocycles. The monoisotopic (exact) mass is 380 g/mol. The van der Waals surface area contributed by atoms with Crippen LogP contribution in [-0.2, 0) is 12.8 Å². The highest BCUT2D eigenvalue weighted by molar-refractivity contribution is 6.30. The molecule has 0 unspecified atom stereocenters. The van der Waals surface area contributed by atoms with E-state index in [-0.39, 0.29) is 23.6 Å². The van der Waals surface area contributed by atoms with Gasteiger partial charge in [-0.3, -0.25) is 0 Å². The van der Waals surface area contributed by atoms with Crippen molar-refractivity contribution in [3.63, 3.8) is 0 Å². The first-order valence-corrected chi connectivity index (χ1v) is 7.80. The number of benzene rings is 2. The SMILES string of the molecule is Oc1cc(OCc2ccc(Cl)cc2)ccc1-c1cc(C(F)(F)F)ncn1. The third-order valence-electron chi connectivity index (χ3n) is 3.52. The standard InChI is InChI=1S/C18H12ClF3N2O2/c19-12-3-1-11(2-4-12)9-26-13-5-6-14(16(25)7-13)15-8-17(18(20,21)22)24-10-23-15/h1-8,10,25H,9H2. The Morgan fingerprint density at radius 1 is 1.00 bits per heavy atom. The lowest BCUT2D eigenvalue weighted by Crippen LogP contribution is -2.08. The Morgan fingerprint density at radius 3 is 2.38 bits per heavy atom. The van der Waals surface area contributed by atoms with Crippen molar-refractivity contribution in [3.05, 3.63) is 71.1 Å². The molecule has 0 atom stereocenters. The fourth-order valence-corrected chi connectivity index (χ4v) is 2.35. The Labute approximate surface area is 151 Å². The molecule has 0 aliphatic heterocycles. The van der Waals surface area contributed by atoms with Crippen LogP contribution in [-0.4, -0.2) is 15.1 Å². The zero-order valence-electron chi connectivity index (χ0n) is 13.2. The Hall–Kier alpha value is -2.80. The summed E-state index contributed by atoms with van der Waals surface area (Å²) in [5.41, 5.74) is -0.0839. The summed E-state index contributed by atoms with van der Waals surface area (Å²) in [6.45, 7) is 0.252. The molecule has 0 aliphatic rings. The lowest BCUT2D eigenvalue weighted by atomic mass is 10.1. The summed E-state index contributed by atoms with van der Waals surface area (Å²) in [5, 5.41) is 10.7. The number of aromatic hydroxyl groups is 1. The van der Waals surface area contributed by atoms with Gasteiger partial charge in [-0.2, -0.15) is 13.2 Å². The number of phenolic OH excluding ortho intramolecular Hbond substituents is 1. The molecule has 3 rings (SSSR count). The average Bonchev–Trinajstić information content (AvgIpc) is 2.61. The molecule has 2 aromatic carbocycles. The first-order chi connectivity index (χ1) is 12.3. The van der Waals surface area contributed by atoms with Gasteiger partial charge < -0.3 is 9.84 Å². The van der Waals surface area contributed by atoms with Crippen molar-refractivity contribution in [3.8, 4) is 22.8 Å². The molecule has 0 saturated heterocycles. The van der Waals surface area contributed by atoms with Crippen molar-refractivity contribution in [1.82, 2.24) is 9.97 Å². The van der Waals surface area contributed by atoms with Crippen LogP contribution in [0.5, 0.6) is 11.5 Å². The molecule has 26 heavy (non-hydrogen) atoms. The summed E-state index contributed by atoms with van der Waals surface area (Å²) in [6, 6.07) is 12.1. The van der Waals surface area contributed by atoms with Crippen LogP contribution in [0.4, 0.5) is 13.2 Å². The minimum Gasteiger partial charge on any atom is -0.507 e. The van der Waals surface area contributed by atoms with E-state index in [4.69, 9.17) is 16.3 Å². The fourth-order valence-electron chi connectivity index (χ4n) is 2.22. The van der Waals surface area contributed by atoms with E-state index in [9.17, 15) is 18.3 Å². The lowest BCUT2D eigenvalue weighted by molar-refractivity contribution is -0.141. The smallest absolute Gasteiger partial charge is 0.433 e. The van der Waals surface area contributed by atoms with Crippen LogP contribution in [0, 0.1) is 0 Å². The Bertz CT molecular complexity index is 915. The predicted octanol–water partition coefficient (Wildman–Crippen LogP) is 5.10. The van der Waals surface area contributed by atoms with Crippen LogP contribution in [0.2, 0.25) is 5.02 Å². The zero-order valence-corrected chi connectivity index (χ0v) is 13.9. The van der Waals surface area contributed by atoms with E-state index in [0.717, 1.165) is 18.0 Å². The lowest BCUT2D eigenvalue weighted by Gasteiger charge is -2.10. The van der Waals surface area contributed by atoms with Crippen molar-refractivity contribution in [2.24, 2.45) is 0 Å². The number of hydrogen-bond acceptors (Lipinski definition) is 4. The third kappa shape index (κ3) is 4.23. The summed E-state index contributed by atoms with van der Waals surface area (Å²) in [4.78, 5) is 6.99. The second-order valence-electron chi connectivity index (χ2n) is 5.38. The van der Waals surface area contributed by atoms with Gasteiger partial charge in [-0.1, -0.05) is 23.7 Å². The predicted molar refractivity (Wildman–Crippen MR) is 89.9 cm³/mol. The van der Waals surface area contributed by atoms with Crippen LogP contribution < -0.4 is 4.74 Å². The highest BCUT2D eigenvalue weighted by atomic mass is 35.5. The molecule has 0 fully saturated rings. The second-order valence-corrected chi connectivity index (χ2v) is 5.82. The van der Waals surface area contributed by atoms with Gasteiger partial charge >= 0.3 is 6.18 Å². The average molecular weight is 381 g/mol. The van der Waals surface area contributed by atoms with Gasteiger partial charge in [0.1, 0.15) is 30.1 Å². The zero-order chi connectivity index (χ0) is 18.7. The number of alkyl halides is 3. The Kier molecular flexibility index (Phi) is 4.99. The van der Waals surface area contributed by atoms with Gasteiger partial charge in [0.15, 0.2) is 0 Å². The highest BCUT2D eigenvalue weighted by Crippen LogP contribution is 2.34. The molecule has 134 valence electrons. The molecular weight excluding hydrogens is 369 g/mol. The molecule has 0 bridgehead atoms. The summed E-state index contributed by atoms with van der Waals surface area (Å²) >= 11 is 5.81. The van der Waals surface area contributed by atoms with Crippen molar-refractivity contribution in [2.45, 2.75) is 12.8 Å². The quantitative estimate of drug-likeness (QED) is 0.684. The van der Waals surface area contributed by atoms with E-state index >= 15 is 0 Å². The normalized spacial score (nSPS) is 11.4. The molecule has 1 N–H and O–H groups in total. The molecule has 0 radical (unpaired) electrons. The minimum absolute atomic E-state index is 0.0333. The number of nitrogens with zero attached hydrogens (tertiary/aromatic N) is 2. The van der Waals surface area contributed by atoms with Crippen molar-refractivity contribution < 1.29 is 23.0 Å². The molecule has 0 spiro atoms. The van der Waals surface area contributed by atoms with Crippen molar-refractivity contribution in [2.75, 3.05) is 0 Å². The molecule has 0 amide bonds. The van der Waals surface area contributed by atoms with Crippen molar-refractivity contribution >= 4 is 11.6 Å². The van der Waals surface area contributed by atoms with E-state index in [0.29, 0.717) is 10.8 Å². The number of rotatable bonds is 4. The molecule has 8 heteroatoms. The summed E-state index contributed by atoms with van der Waals surface area (Å²) in [7, 11) is 0. The van der Waals surface area contributed by atoms with E-state index in [2.05, 4.69) is 9.97 Å². The maximum atomic E-state index is 12.8. The van der Waals surface area contributed by atoms with Gasteiger partial charge in [0.2, 0.25) is 0 Å². The van der Waals surface area contributed by atoms with Gasteiger partial charge in [0.25, 0.3) is 0 Å². The van der Waals surface area contributed by atoms with E-state index in [1.54, 1.807) is 30.3 Å². The fraction of sp³-hybridized carbons (Fsp3) is 0.111. The van der Waals surface area contributed by atoms with E-state index in [1.165, 1.54) is 12.1 Å². The topological polar surface area (TPSA) is 55.2 Å². The number of ether oxygens (including phenoxy) is 1. The van der Waals surface area contributed by atoms with Gasteiger partial charge in [-0.25, -0.2) is 9.97 Å². The third-order valence-corrected chi connectivity index (χ3v) is 3.77. The van der Waals surface area contributed by atoms with E-state index in [1.807, 2.05) is 0 Å². The Balaban J connectivity index is 1.78. The maximum absolute atomic E-state index is 12.8. The summed E-state index contributed by atoms with van der Waals surface area (Å²) in [6.07, 6.45) is -3.78. The first kappa shape index (κ1) is 18.0. The number of aromatic nitrogens is 2. The molecule has 1 aromatic heterocycles. The van der Waals surface area contributed by atoms with Gasteiger partial charge in [0, 0.05) is 16.7 Å². The second kappa shape index (κ2) is 7.21. The van der Waals surface area contributed by atoms with Gasteiger partial charge in [0.05, 0.1) is 5.69 Å². The van der Waals surface area contributed by atoms with Crippen LogP contribution in [0.25, 0.3) is 11.3 Å². The molecule has 4 nitrogen and oxygen atoms in total. The molecular formula is C18H12ClF3N2O2. The number of hydrogen-bond donors (Lipinski definition) is 1. The van der Waals surface area contributed by atoms with Crippen LogP contribution >= 0.6 is 11.6 Å². The highest BCUT2D eigenvalue weighted by Gasteiger charge is 2.33. The van der Waals surface area contributed by atoms with Gasteiger partial charge in [-0.05, 0) is 35.9 Å². The van der Waals surface area contributed by atoms with Crippen LogP contribution in [0.1, 0.15) is 11.3 Å². The molecule has 0 saturated carbocycles. The first-order valence-electron chi connectivity index (χ1n) is 7.43. The number of phenols is 1. The van der Waals surface area contributed by atoms with Gasteiger partial charge in [-0.15, -0.1) is 0 Å². The number of halogens is 4. The van der Waals surface area contributed by atoms with Crippen LogP contribution in [0.15, 0.2) is 54.9 Å². The minimum atomic E-state index is -4.59. The van der Waals surface area contributed by atoms with Crippen molar-refractivity contribution in [1.29, 1.82) is 0 Å². The Morgan fingerprint density at radius 2 is 1.73 bits per heavy atom. The maximum Gasteiger partial charge on any atom is 0.433 e. The summed E-state index contributed by atoms with van der Waals surface area (Å²) in [5.74, 6) is 0.122. The summed E-state index contributed by atoms with van der Waals surface area (Å²) < 4.78 is 43.8. The largest absolute Gasteiger partial charge is 0.507 e.